The van der Waals surface area contributed by atoms with E-state index in [1.54, 1.807) is 54.6 Å². The number of aryl methyl sites for hydroxylation is 1. The Morgan fingerprint density at radius 2 is 1.82 bits per heavy atom. The van der Waals surface area contributed by atoms with E-state index in [-0.39, 0.29) is 9.79 Å². The number of benzene rings is 3. The molecular weight excluding hydrogens is 372 g/mol. The van der Waals surface area contributed by atoms with Gasteiger partial charge in [-0.3, -0.25) is 0 Å². The number of nitrogens with two attached hydrogens (primary N) is 1. The van der Waals surface area contributed by atoms with Crippen LogP contribution in [0.5, 0.6) is 11.5 Å². The highest BCUT2D eigenvalue weighted by molar-refractivity contribution is 7.91. The summed E-state index contributed by atoms with van der Waals surface area (Å²) in [7, 11) is -3.65. The Morgan fingerprint density at radius 3 is 2.57 bits per heavy atom. The molecule has 0 atom stereocenters. The van der Waals surface area contributed by atoms with E-state index in [0.717, 1.165) is 16.6 Å². The quantitative estimate of drug-likeness (QED) is 0.490. The molecule has 0 bridgehead atoms. The fraction of sp³-hybridized carbons (Fsp3) is 0.0909. The minimum absolute atomic E-state index is 0.216. The highest BCUT2D eigenvalue weighted by atomic mass is 32.2. The molecule has 6 heteroatoms. The average molecular weight is 391 g/mol. The summed E-state index contributed by atoms with van der Waals surface area (Å²) in [6.45, 7) is 3.78. The van der Waals surface area contributed by atoms with Gasteiger partial charge in [0.1, 0.15) is 11.5 Å². The second kappa shape index (κ2) is 6.73. The lowest BCUT2D eigenvalue weighted by Crippen LogP contribution is -2.01. The third-order valence-corrected chi connectivity index (χ3v) is 6.53. The minimum Gasteiger partial charge on any atom is -0.457 e. The van der Waals surface area contributed by atoms with Gasteiger partial charge >= 0.3 is 0 Å². The molecule has 28 heavy (non-hydrogen) atoms. The zero-order valence-corrected chi connectivity index (χ0v) is 16.3. The van der Waals surface area contributed by atoms with E-state index in [0.29, 0.717) is 22.6 Å². The van der Waals surface area contributed by atoms with Crippen molar-refractivity contribution >= 4 is 26.4 Å². The van der Waals surface area contributed by atoms with Crippen LogP contribution in [0.15, 0.2) is 70.6 Å². The second-order valence-electron chi connectivity index (χ2n) is 6.62. The Bertz CT molecular complexity index is 1280. The van der Waals surface area contributed by atoms with Crippen LogP contribution in [0, 0.1) is 19.9 Å². The number of anilines is 1. The van der Waals surface area contributed by atoms with Gasteiger partial charge in [0, 0.05) is 34.4 Å². The third-order valence-electron chi connectivity index (χ3n) is 4.73. The van der Waals surface area contributed by atoms with Gasteiger partial charge < -0.3 is 15.5 Å². The molecule has 4 aromatic rings. The summed E-state index contributed by atoms with van der Waals surface area (Å²) in [5.41, 5.74) is 8.88. The molecule has 0 aliphatic carbocycles. The van der Waals surface area contributed by atoms with Crippen molar-refractivity contribution in [2.24, 2.45) is 0 Å². The van der Waals surface area contributed by atoms with Crippen LogP contribution in [0.3, 0.4) is 0 Å². The van der Waals surface area contributed by atoms with Gasteiger partial charge in [-0.1, -0.05) is 18.2 Å². The number of H-pyrrole nitrogens is 1. The Kier molecular flexibility index (Phi) is 4.35. The van der Waals surface area contributed by atoms with E-state index < -0.39 is 9.84 Å². The Labute approximate surface area is 163 Å². The number of sulfone groups is 1. The number of ether oxygens (including phenoxy) is 1. The number of hydrogen-bond donors (Lipinski definition) is 2. The molecule has 3 aromatic carbocycles. The molecule has 1 aromatic heterocycles. The van der Waals surface area contributed by atoms with E-state index in [2.05, 4.69) is 11.1 Å². The zero-order chi connectivity index (χ0) is 19.9. The maximum absolute atomic E-state index is 13.0. The van der Waals surface area contributed by atoms with Gasteiger partial charge in [-0.2, -0.15) is 0 Å². The lowest BCUT2D eigenvalue weighted by atomic mass is 10.1. The summed E-state index contributed by atoms with van der Waals surface area (Å²) in [6.07, 6.45) is 1.52. The van der Waals surface area contributed by atoms with E-state index in [9.17, 15) is 8.42 Å². The van der Waals surface area contributed by atoms with E-state index in [1.165, 1.54) is 6.20 Å². The van der Waals surface area contributed by atoms with Gasteiger partial charge in [0.2, 0.25) is 9.84 Å². The van der Waals surface area contributed by atoms with Crippen LogP contribution < -0.4 is 10.5 Å². The van der Waals surface area contributed by atoms with Crippen LogP contribution >= 0.6 is 0 Å². The SMILES string of the molecule is Cc1c[c]c(N)c(C)c1Oc1ccc2[nH]cc(S(=O)(=O)c3ccccc3)c2c1. The van der Waals surface area contributed by atoms with Gasteiger partial charge in [-0.25, -0.2) is 8.42 Å². The first kappa shape index (κ1) is 18.1. The van der Waals surface area contributed by atoms with Crippen molar-refractivity contribution in [3.8, 4) is 11.5 Å². The summed E-state index contributed by atoms with van der Waals surface area (Å²) in [6, 6.07) is 18.5. The molecule has 0 spiro atoms. The number of rotatable bonds is 4. The standard InChI is InChI=1S/C22H19N2O3S/c1-14-8-10-19(23)15(2)22(14)27-16-9-11-20-18(12-16)21(13-24-20)28(25,26)17-6-4-3-5-7-17/h3-9,11-13,24H,23H2,1-2H3. The molecule has 5 nitrogen and oxygen atoms in total. The number of hydrogen-bond acceptors (Lipinski definition) is 4. The predicted molar refractivity (Wildman–Crippen MR) is 109 cm³/mol. The summed E-state index contributed by atoms with van der Waals surface area (Å²) in [5, 5.41) is 0.576. The summed E-state index contributed by atoms with van der Waals surface area (Å²) >= 11 is 0. The Hall–Kier alpha value is -3.25. The Balaban J connectivity index is 1.81. The second-order valence-corrected chi connectivity index (χ2v) is 8.54. The van der Waals surface area contributed by atoms with Crippen LogP contribution in [-0.4, -0.2) is 13.4 Å². The third kappa shape index (κ3) is 3.01. The number of nitrogen functional groups attached to an aromatic ring is 1. The fourth-order valence-corrected chi connectivity index (χ4v) is 4.58. The lowest BCUT2D eigenvalue weighted by molar-refractivity contribution is 0.476. The van der Waals surface area contributed by atoms with Crippen LogP contribution in [0.1, 0.15) is 11.1 Å². The van der Waals surface area contributed by atoms with Crippen molar-refractivity contribution in [1.29, 1.82) is 0 Å². The molecule has 0 aliphatic rings. The minimum atomic E-state index is -3.65. The molecule has 3 N–H and O–H groups in total. The zero-order valence-electron chi connectivity index (χ0n) is 15.5. The van der Waals surface area contributed by atoms with Crippen molar-refractivity contribution in [2.75, 3.05) is 5.73 Å². The highest BCUT2D eigenvalue weighted by Gasteiger charge is 2.22. The maximum Gasteiger partial charge on any atom is 0.208 e. The van der Waals surface area contributed by atoms with E-state index in [1.807, 2.05) is 13.8 Å². The smallest absolute Gasteiger partial charge is 0.208 e. The maximum atomic E-state index is 13.0. The molecular formula is C22H19N2O3S. The summed E-state index contributed by atoms with van der Waals surface area (Å²) < 4.78 is 32.2. The average Bonchev–Trinajstić information content (AvgIpc) is 3.13. The first-order valence-electron chi connectivity index (χ1n) is 8.74. The van der Waals surface area contributed by atoms with Crippen molar-refractivity contribution in [3.05, 3.63) is 78.0 Å². The van der Waals surface area contributed by atoms with Gasteiger partial charge in [0.05, 0.1) is 9.79 Å². The van der Waals surface area contributed by atoms with E-state index in [4.69, 9.17) is 10.5 Å². The predicted octanol–water partition coefficient (Wildman–Crippen LogP) is 4.79. The molecule has 4 rings (SSSR count). The van der Waals surface area contributed by atoms with Crippen LogP contribution in [0.2, 0.25) is 0 Å². The van der Waals surface area contributed by atoms with Gasteiger partial charge in [0.25, 0.3) is 0 Å². The molecule has 0 amide bonds. The number of fused-ring (bicyclic) bond motifs is 1. The van der Waals surface area contributed by atoms with Gasteiger partial charge in [-0.05, 0) is 55.8 Å². The molecule has 0 saturated heterocycles. The lowest BCUT2D eigenvalue weighted by Gasteiger charge is -2.13. The molecule has 0 aliphatic heterocycles. The molecule has 1 radical (unpaired) electrons. The summed E-state index contributed by atoms with van der Waals surface area (Å²) in [5.74, 6) is 1.19. The van der Waals surface area contributed by atoms with Crippen molar-refractivity contribution < 1.29 is 13.2 Å². The molecule has 0 saturated carbocycles. The van der Waals surface area contributed by atoms with Crippen LogP contribution in [0.25, 0.3) is 10.9 Å². The van der Waals surface area contributed by atoms with Gasteiger partial charge in [0.15, 0.2) is 0 Å². The number of aromatic nitrogens is 1. The Morgan fingerprint density at radius 1 is 1.07 bits per heavy atom. The van der Waals surface area contributed by atoms with Crippen molar-refractivity contribution in [3.63, 3.8) is 0 Å². The van der Waals surface area contributed by atoms with Crippen LogP contribution in [-0.2, 0) is 9.84 Å². The first-order chi connectivity index (χ1) is 13.4. The molecule has 0 fully saturated rings. The topological polar surface area (TPSA) is 85.2 Å². The highest BCUT2D eigenvalue weighted by Crippen LogP contribution is 2.35. The number of aromatic amines is 1. The largest absolute Gasteiger partial charge is 0.457 e. The van der Waals surface area contributed by atoms with Gasteiger partial charge in [-0.15, -0.1) is 0 Å². The molecule has 1 heterocycles. The fourth-order valence-electron chi connectivity index (χ4n) is 3.14. The molecule has 0 unspecified atom stereocenters. The summed E-state index contributed by atoms with van der Waals surface area (Å²) in [4.78, 5) is 3.49. The normalized spacial score (nSPS) is 11.6. The van der Waals surface area contributed by atoms with Crippen LogP contribution in [0.4, 0.5) is 5.69 Å². The van der Waals surface area contributed by atoms with Crippen molar-refractivity contribution in [2.45, 2.75) is 23.6 Å². The first-order valence-corrected chi connectivity index (χ1v) is 10.2. The molecule has 141 valence electrons. The monoisotopic (exact) mass is 391 g/mol. The van der Waals surface area contributed by atoms with E-state index >= 15 is 0 Å². The number of nitrogens with one attached hydrogen (secondary N) is 1. The van der Waals surface area contributed by atoms with Crippen molar-refractivity contribution in [1.82, 2.24) is 4.98 Å².